The van der Waals surface area contributed by atoms with Crippen molar-refractivity contribution in [1.29, 1.82) is 0 Å². The van der Waals surface area contributed by atoms with Gasteiger partial charge < -0.3 is 14.8 Å². The van der Waals surface area contributed by atoms with Crippen molar-refractivity contribution in [3.05, 3.63) is 29.8 Å². The zero-order valence-electron chi connectivity index (χ0n) is 16.3. The molecule has 2 aliphatic rings. The molecule has 2 heterocycles. The van der Waals surface area contributed by atoms with Gasteiger partial charge in [0, 0.05) is 32.1 Å². The van der Waals surface area contributed by atoms with E-state index in [1.807, 2.05) is 26.0 Å². The molecular weight excluding hydrogens is 328 g/mol. The number of carbonyl (C=O) groups is 1. The van der Waals surface area contributed by atoms with Gasteiger partial charge in [0.1, 0.15) is 5.75 Å². The van der Waals surface area contributed by atoms with Gasteiger partial charge in [-0.3, -0.25) is 9.69 Å². The Morgan fingerprint density at radius 3 is 2.62 bits per heavy atom. The molecule has 2 fully saturated rings. The molecule has 1 N–H and O–H groups in total. The molecule has 1 amide bonds. The van der Waals surface area contributed by atoms with E-state index < -0.39 is 0 Å². The van der Waals surface area contributed by atoms with Crippen LogP contribution in [0.15, 0.2) is 24.3 Å². The number of rotatable bonds is 6. The van der Waals surface area contributed by atoms with Gasteiger partial charge in [-0.1, -0.05) is 12.1 Å². The summed E-state index contributed by atoms with van der Waals surface area (Å²) in [5, 5.41) is 2.99. The van der Waals surface area contributed by atoms with Gasteiger partial charge in [-0.15, -0.1) is 0 Å². The highest BCUT2D eigenvalue weighted by Crippen LogP contribution is 2.40. The van der Waals surface area contributed by atoms with Crippen LogP contribution < -0.4 is 10.1 Å². The lowest BCUT2D eigenvalue weighted by molar-refractivity contribution is -0.122. The average Bonchev–Trinajstić information content (AvgIpc) is 2.99. The first kappa shape index (κ1) is 19.2. The Balaban J connectivity index is 1.45. The Kier molecular flexibility index (Phi) is 6.20. The molecule has 144 valence electrons. The van der Waals surface area contributed by atoms with Gasteiger partial charge >= 0.3 is 0 Å². The smallest absolute Gasteiger partial charge is 0.220 e. The van der Waals surface area contributed by atoms with Crippen molar-refractivity contribution in [3.8, 4) is 5.75 Å². The van der Waals surface area contributed by atoms with E-state index >= 15 is 0 Å². The molecule has 5 heteroatoms. The van der Waals surface area contributed by atoms with Gasteiger partial charge in [-0.2, -0.15) is 0 Å². The second kappa shape index (κ2) is 8.40. The molecule has 3 rings (SSSR count). The van der Waals surface area contributed by atoms with Gasteiger partial charge in [0.05, 0.1) is 19.3 Å². The maximum Gasteiger partial charge on any atom is 0.220 e. The minimum atomic E-state index is -0.000808. The zero-order chi connectivity index (χ0) is 18.6. The molecule has 0 bridgehead atoms. The zero-order valence-corrected chi connectivity index (χ0v) is 16.3. The van der Waals surface area contributed by atoms with Crippen molar-refractivity contribution in [2.75, 3.05) is 26.8 Å². The van der Waals surface area contributed by atoms with Gasteiger partial charge in [-0.25, -0.2) is 0 Å². The molecule has 2 aliphatic heterocycles. The van der Waals surface area contributed by atoms with E-state index in [0.717, 1.165) is 51.3 Å². The first-order chi connectivity index (χ1) is 12.5. The van der Waals surface area contributed by atoms with Crippen LogP contribution in [0.25, 0.3) is 0 Å². The number of nitrogens with one attached hydrogen (secondary N) is 1. The Bertz CT molecular complexity index is 592. The van der Waals surface area contributed by atoms with Crippen molar-refractivity contribution in [2.24, 2.45) is 5.92 Å². The molecule has 5 nitrogen and oxygen atoms in total. The highest BCUT2D eigenvalue weighted by molar-refractivity contribution is 5.76. The van der Waals surface area contributed by atoms with Crippen molar-refractivity contribution in [2.45, 2.75) is 57.7 Å². The molecule has 0 aliphatic carbocycles. The molecule has 0 saturated carbocycles. The fourth-order valence-electron chi connectivity index (χ4n) is 4.17. The summed E-state index contributed by atoms with van der Waals surface area (Å²) in [6, 6.07) is 8.53. The van der Waals surface area contributed by atoms with Crippen LogP contribution in [0.1, 0.15) is 45.1 Å². The number of nitrogens with zero attached hydrogens (tertiary/aromatic N) is 1. The molecule has 0 radical (unpaired) electrons. The van der Waals surface area contributed by atoms with Crippen LogP contribution in [-0.4, -0.2) is 49.3 Å². The van der Waals surface area contributed by atoms with E-state index in [2.05, 4.69) is 22.3 Å². The monoisotopic (exact) mass is 360 g/mol. The largest absolute Gasteiger partial charge is 0.497 e. The predicted octanol–water partition coefficient (Wildman–Crippen LogP) is 2.98. The number of likely N-dealkylation sites (tertiary alicyclic amines) is 1. The maximum atomic E-state index is 12.0. The van der Waals surface area contributed by atoms with Crippen LogP contribution in [-0.2, 0) is 16.1 Å². The number of hydrogen-bond acceptors (Lipinski definition) is 4. The highest BCUT2D eigenvalue weighted by Gasteiger charge is 2.42. The lowest BCUT2D eigenvalue weighted by atomic mass is 9.84. The normalized spacial score (nSPS) is 22.7. The molecule has 26 heavy (non-hydrogen) atoms. The fourth-order valence-corrected chi connectivity index (χ4v) is 4.17. The minimum Gasteiger partial charge on any atom is -0.497 e. The molecule has 1 unspecified atom stereocenters. The number of methoxy groups -OCH3 is 1. The predicted molar refractivity (Wildman–Crippen MR) is 102 cm³/mol. The van der Waals surface area contributed by atoms with Gasteiger partial charge in [0.15, 0.2) is 0 Å². The summed E-state index contributed by atoms with van der Waals surface area (Å²) in [6.45, 7) is 7.81. The van der Waals surface area contributed by atoms with Crippen LogP contribution in [0.3, 0.4) is 0 Å². The Labute approximate surface area is 157 Å². The van der Waals surface area contributed by atoms with Crippen LogP contribution in [0.5, 0.6) is 5.75 Å². The summed E-state index contributed by atoms with van der Waals surface area (Å²) in [5.41, 5.74) is 1.32. The molecule has 1 aromatic rings. The maximum absolute atomic E-state index is 12.0. The lowest BCUT2D eigenvalue weighted by Crippen LogP contribution is -2.43. The molecule has 2 saturated heterocycles. The summed E-state index contributed by atoms with van der Waals surface area (Å²) in [4.78, 5) is 14.5. The van der Waals surface area contributed by atoms with Crippen LogP contribution in [0.2, 0.25) is 0 Å². The standard InChI is InChI=1S/C21H32N2O3/c1-16(2)22-20(24)12-18-13-21(26-15-18)8-10-23(11-9-21)14-17-4-6-19(25-3)7-5-17/h4-7,16,18H,8-15H2,1-3H3,(H,22,24). The Hall–Kier alpha value is -1.59. The molecular formula is C21H32N2O3. The number of amides is 1. The van der Waals surface area contributed by atoms with E-state index in [-0.39, 0.29) is 17.6 Å². The van der Waals surface area contributed by atoms with E-state index in [1.165, 1.54) is 5.56 Å². The number of hydrogen-bond donors (Lipinski definition) is 1. The number of benzene rings is 1. The van der Waals surface area contributed by atoms with Gasteiger partial charge in [-0.05, 0) is 56.7 Å². The topological polar surface area (TPSA) is 50.8 Å². The lowest BCUT2D eigenvalue weighted by Gasteiger charge is -2.38. The first-order valence-electron chi connectivity index (χ1n) is 9.77. The third kappa shape index (κ3) is 4.98. The number of carbonyl (C=O) groups excluding carboxylic acids is 1. The molecule has 1 spiro atoms. The van der Waals surface area contributed by atoms with Crippen LogP contribution in [0.4, 0.5) is 0 Å². The third-order valence-corrected chi connectivity index (χ3v) is 5.54. The van der Waals surface area contributed by atoms with Crippen molar-refractivity contribution in [1.82, 2.24) is 10.2 Å². The van der Waals surface area contributed by atoms with Crippen molar-refractivity contribution >= 4 is 5.91 Å². The fraction of sp³-hybridized carbons (Fsp3) is 0.667. The Morgan fingerprint density at radius 2 is 2.00 bits per heavy atom. The molecule has 1 aromatic carbocycles. The second-order valence-corrected chi connectivity index (χ2v) is 8.11. The summed E-state index contributed by atoms with van der Waals surface area (Å²) in [5.74, 6) is 1.42. The first-order valence-corrected chi connectivity index (χ1v) is 9.77. The second-order valence-electron chi connectivity index (χ2n) is 8.11. The quantitative estimate of drug-likeness (QED) is 0.847. The van der Waals surface area contributed by atoms with Gasteiger partial charge in [0.25, 0.3) is 0 Å². The Morgan fingerprint density at radius 1 is 1.31 bits per heavy atom. The number of piperidine rings is 1. The van der Waals surface area contributed by atoms with E-state index in [1.54, 1.807) is 7.11 Å². The summed E-state index contributed by atoms with van der Waals surface area (Å²) >= 11 is 0. The van der Waals surface area contributed by atoms with Crippen molar-refractivity contribution in [3.63, 3.8) is 0 Å². The van der Waals surface area contributed by atoms with Crippen LogP contribution >= 0.6 is 0 Å². The third-order valence-electron chi connectivity index (χ3n) is 5.54. The summed E-state index contributed by atoms with van der Waals surface area (Å²) in [7, 11) is 1.69. The van der Waals surface area contributed by atoms with E-state index in [4.69, 9.17) is 9.47 Å². The molecule has 0 aromatic heterocycles. The van der Waals surface area contributed by atoms with E-state index in [9.17, 15) is 4.79 Å². The van der Waals surface area contributed by atoms with Crippen LogP contribution in [0, 0.1) is 5.92 Å². The van der Waals surface area contributed by atoms with E-state index in [0.29, 0.717) is 12.3 Å². The average molecular weight is 360 g/mol. The molecule has 1 atom stereocenters. The minimum absolute atomic E-state index is 0.000808. The highest BCUT2D eigenvalue weighted by atomic mass is 16.5. The SMILES string of the molecule is COc1ccc(CN2CCC3(CC2)CC(CC(=O)NC(C)C)CO3)cc1. The summed E-state index contributed by atoms with van der Waals surface area (Å²) in [6.07, 6.45) is 3.74. The van der Waals surface area contributed by atoms with Crippen molar-refractivity contribution < 1.29 is 14.3 Å². The van der Waals surface area contributed by atoms with Gasteiger partial charge in [0.2, 0.25) is 5.91 Å². The number of ether oxygens (including phenoxy) is 2. The summed E-state index contributed by atoms with van der Waals surface area (Å²) < 4.78 is 11.4.